The highest BCUT2D eigenvalue weighted by molar-refractivity contribution is 6.01. The summed E-state index contributed by atoms with van der Waals surface area (Å²) in [5, 5.41) is 0. The lowest BCUT2D eigenvalue weighted by atomic mass is 10.1. The van der Waals surface area contributed by atoms with Crippen LogP contribution in [0.3, 0.4) is 0 Å². The summed E-state index contributed by atoms with van der Waals surface area (Å²) < 4.78 is 2.04. The monoisotopic (exact) mass is 331 g/mol. The number of rotatable bonds is 4. The average Bonchev–Trinajstić information content (AvgIpc) is 3.22. The Labute approximate surface area is 138 Å². The van der Waals surface area contributed by atoms with E-state index in [1.807, 2.05) is 23.2 Å². The number of anilines is 1. The summed E-state index contributed by atoms with van der Waals surface area (Å²) in [6.07, 6.45) is 3.79. The van der Waals surface area contributed by atoms with Gasteiger partial charge in [0.2, 0.25) is 0 Å². The Morgan fingerprint density at radius 3 is 2.75 bits per heavy atom. The molecule has 128 valence electrons. The van der Waals surface area contributed by atoms with E-state index in [2.05, 4.69) is 4.98 Å². The van der Waals surface area contributed by atoms with Crippen molar-refractivity contribution in [3.05, 3.63) is 50.4 Å². The summed E-state index contributed by atoms with van der Waals surface area (Å²) in [4.78, 5) is 42.1. The van der Waals surface area contributed by atoms with Gasteiger partial charge < -0.3 is 10.7 Å². The molecule has 1 saturated heterocycles. The predicted octanol–water partition coefficient (Wildman–Crippen LogP) is 0.0141. The van der Waals surface area contributed by atoms with Crippen molar-refractivity contribution in [1.82, 2.24) is 19.0 Å². The minimum Gasteiger partial charge on any atom is -0.384 e. The number of H-pyrrole nitrogens is 1. The van der Waals surface area contributed by atoms with Gasteiger partial charge in [-0.15, -0.1) is 0 Å². The molecule has 2 aromatic heterocycles. The number of nitrogens with one attached hydrogen (secondary N) is 1. The largest absolute Gasteiger partial charge is 0.384 e. The third-order valence-corrected chi connectivity index (χ3v) is 4.68. The number of likely N-dealkylation sites (tertiary alicyclic amines) is 1. The van der Waals surface area contributed by atoms with Gasteiger partial charge in [-0.3, -0.25) is 23.6 Å². The fourth-order valence-electron chi connectivity index (χ4n) is 3.30. The predicted molar refractivity (Wildman–Crippen MR) is 90.0 cm³/mol. The lowest BCUT2D eigenvalue weighted by Crippen LogP contribution is -2.43. The number of nitrogen functional groups attached to an aromatic ring is 1. The van der Waals surface area contributed by atoms with E-state index in [1.165, 1.54) is 14.1 Å². The molecule has 0 bridgehead atoms. The fraction of sp³-hybridized carbons (Fsp3) is 0.438. The molecule has 8 nitrogen and oxygen atoms in total. The van der Waals surface area contributed by atoms with E-state index in [1.54, 1.807) is 0 Å². The van der Waals surface area contributed by atoms with E-state index in [4.69, 9.17) is 5.73 Å². The van der Waals surface area contributed by atoms with Crippen molar-refractivity contribution in [3.8, 4) is 0 Å². The maximum absolute atomic E-state index is 12.7. The van der Waals surface area contributed by atoms with Crippen LogP contribution in [0.25, 0.3) is 0 Å². The number of hydrogen-bond acceptors (Lipinski definition) is 5. The summed E-state index contributed by atoms with van der Waals surface area (Å²) in [7, 11) is 2.80. The Balaban J connectivity index is 1.91. The van der Waals surface area contributed by atoms with Crippen molar-refractivity contribution >= 4 is 11.6 Å². The Kier molecular flexibility index (Phi) is 4.15. The zero-order chi connectivity index (χ0) is 17.4. The van der Waals surface area contributed by atoms with Gasteiger partial charge >= 0.3 is 5.69 Å². The van der Waals surface area contributed by atoms with Crippen molar-refractivity contribution in [1.29, 1.82) is 0 Å². The molecule has 1 aliphatic rings. The molecule has 0 aliphatic carbocycles. The number of carbonyl (C=O) groups excluding carboxylic acids is 1. The second-order valence-electron chi connectivity index (χ2n) is 6.14. The molecule has 3 heterocycles. The van der Waals surface area contributed by atoms with Crippen LogP contribution in [0.1, 0.15) is 34.9 Å². The van der Waals surface area contributed by atoms with E-state index in [0.717, 1.165) is 34.2 Å². The van der Waals surface area contributed by atoms with Crippen LogP contribution in [0.2, 0.25) is 0 Å². The number of hydrogen-bond donors (Lipinski definition) is 2. The number of carbonyl (C=O) groups is 1. The highest BCUT2D eigenvalue weighted by atomic mass is 16.2. The Bertz CT molecular complexity index is 878. The maximum atomic E-state index is 12.7. The number of aromatic amines is 1. The van der Waals surface area contributed by atoms with Crippen molar-refractivity contribution in [2.75, 3.05) is 18.8 Å². The van der Waals surface area contributed by atoms with E-state index >= 15 is 0 Å². The molecule has 0 saturated carbocycles. The molecule has 1 aliphatic heterocycles. The Morgan fingerprint density at radius 1 is 1.33 bits per heavy atom. The van der Waals surface area contributed by atoms with Crippen molar-refractivity contribution in [2.24, 2.45) is 14.1 Å². The summed E-state index contributed by atoms with van der Waals surface area (Å²) in [5.74, 6) is -0.439. The molecule has 0 aromatic carbocycles. The molecular weight excluding hydrogens is 310 g/mol. The number of nitrogens with zero attached hydrogens (tertiary/aromatic N) is 3. The van der Waals surface area contributed by atoms with Gasteiger partial charge in [-0.2, -0.15) is 0 Å². The first-order chi connectivity index (χ1) is 11.4. The van der Waals surface area contributed by atoms with E-state index in [0.29, 0.717) is 0 Å². The molecule has 0 amide bonds. The minimum absolute atomic E-state index is 0.0799. The van der Waals surface area contributed by atoms with Crippen LogP contribution >= 0.6 is 0 Å². The van der Waals surface area contributed by atoms with Gasteiger partial charge in [-0.1, -0.05) is 0 Å². The molecule has 1 fully saturated rings. The molecule has 8 heteroatoms. The van der Waals surface area contributed by atoms with Gasteiger partial charge in [0.25, 0.3) is 5.56 Å². The highest BCUT2D eigenvalue weighted by Crippen LogP contribution is 2.30. The Hall–Kier alpha value is -2.61. The first-order valence-electron chi connectivity index (χ1n) is 7.88. The van der Waals surface area contributed by atoms with Gasteiger partial charge in [0, 0.05) is 26.0 Å². The van der Waals surface area contributed by atoms with E-state index in [9.17, 15) is 14.4 Å². The van der Waals surface area contributed by atoms with Gasteiger partial charge in [0.15, 0.2) is 5.78 Å². The number of Topliss-reactive ketones (excluding diaryl/α,β-unsaturated/α-hetero) is 1. The third-order valence-electron chi connectivity index (χ3n) is 4.68. The molecule has 3 rings (SSSR count). The zero-order valence-corrected chi connectivity index (χ0v) is 13.8. The van der Waals surface area contributed by atoms with E-state index < -0.39 is 11.2 Å². The van der Waals surface area contributed by atoms with Gasteiger partial charge in [0.1, 0.15) is 11.4 Å². The van der Waals surface area contributed by atoms with Crippen LogP contribution in [0, 0.1) is 0 Å². The number of aromatic nitrogens is 3. The lowest BCUT2D eigenvalue weighted by Gasteiger charge is -2.23. The van der Waals surface area contributed by atoms with Crippen molar-refractivity contribution in [2.45, 2.75) is 18.9 Å². The standard InChI is InChI=1S/C16H21N5O3/c1-19-14(17)13(15(23)20(2)16(19)24)12(22)9-21-8-4-6-11(21)10-5-3-7-18-10/h3,5,7,11,18H,4,6,8-9,17H2,1-2H3/t11-/m1/s1. The smallest absolute Gasteiger partial charge is 0.332 e. The second-order valence-corrected chi connectivity index (χ2v) is 6.14. The van der Waals surface area contributed by atoms with E-state index in [-0.39, 0.29) is 29.8 Å². The summed E-state index contributed by atoms with van der Waals surface area (Å²) in [6.45, 7) is 0.878. The second kappa shape index (κ2) is 6.12. The molecule has 2 aromatic rings. The van der Waals surface area contributed by atoms with Crippen LogP contribution < -0.4 is 17.0 Å². The normalized spacial score (nSPS) is 18.2. The number of ketones is 1. The zero-order valence-electron chi connectivity index (χ0n) is 13.8. The molecule has 1 atom stereocenters. The van der Waals surface area contributed by atoms with Crippen LogP contribution in [0.5, 0.6) is 0 Å². The molecular formula is C16H21N5O3. The van der Waals surface area contributed by atoms with Crippen molar-refractivity contribution < 1.29 is 4.79 Å². The van der Waals surface area contributed by atoms with Crippen LogP contribution in [-0.4, -0.2) is 37.9 Å². The van der Waals surface area contributed by atoms with Crippen LogP contribution in [-0.2, 0) is 14.1 Å². The molecule has 0 unspecified atom stereocenters. The number of nitrogens with two attached hydrogens (primary N) is 1. The summed E-state index contributed by atoms with van der Waals surface area (Å²) in [5.41, 5.74) is 5.62. The minimum atomic E-state index is -0.642. The molecule has 3 N–H and O–H groups in total. The summed E-state index contributed by atoms with van der Waals surface area (Å²) in [6, 6.07) is 4.04. The van der Waals surface area contributed by atoms with Crippen LogP contribution in [0.4, 0.5) is 5.82 Å². The van der Waals surface area contributed by atoms with Gasteiger partial charge in [-0.05, 0) is 31.5 Å². The Morgan fingerprint density at radius 2 is 2.08 bits per heavy atom. The van der Waals surface area contributed by atoms with Crippen molar-refractivity contribution in [3.63, 3.8) is 0 Å². The SMILES string of the molecule is Cn1c(N)c(C(=O)CN2CCC[C@@H]2c2ccc[nH]2)c(=O)n(C)c1=O. The third kappa shape index (κ3) is 2.58. The first-order valence-corrected chi connectivity index (χ1v) is 7.88. The average molecular weight is 331 g/mol. The summed E-state index contributed by atoms with van der Waals surface area (Å²) >= 11 is 0. The topological polar surface area (TPSA) is 106 Å². The molecule has 0 radical (unpaired) electrons. The molecule has 0 spiro atoms. The van der Waals surface area contributed by atoms with Crippen LogP contribution in [0.15, 0.2) is 27.9 Å². The highest BCUT2D eigenvalue weighted by Gasteiger charge is 2.30. The fourth-order valence-corrected chi connectivity index (χ4v) is 3.30. The quantitative estimate of drug-likeness (QED) is 0.768. The first kappa shape index (κ1) is 16.3. The maximum Gasteiger partial charge on any atom is 0.332 e. The molecule has 24 heavy (non-hydrogen) atoms. The van der Waals surface area contributed by atoms with Gasteiger partial charge in [-0.25, -0.2) is 4.79 Å². The lowest BCUT2D eigenvalue weighted by molar-refractivity contribution is 0.0918. The van der Waals surface area contributed by atoms with Gasteiger partial charge in [0.05, 0.1) is 12.6 Å².